The van der Waals surface area contributed by atoms with Crippen molar-refractivity contribution in [3.8, 4) is 0 Å². The standard InChI is InChI=1S/C24H49NO7/c1-14(2)8-19(28)21(30)18(13-27)25-23(32)22(31)20(29)10-17(5)24(6,7)11-15(3)9-16(4)12-26/h14-22,26-31H,8-13H2,1-7H3,(H,25,32)/t15?,16?,17?,18-,19+,20?,21-,22?/m0/s1. The van der Waals surface area contributed by atoms with Crippen molar-refractivity contribution >= 4 is 5.91 Å². The molecule has 0 heterocycles. The molecule has 0 fully saturated rings. The Morgan fingerprint density at radius 2 is 1.38 bits per heavy atom. The Kier molecular flexibility index (Phi) is 14.1. The first-order valence-electron chi connectivity index (χ1n) is 11.9. The van der Waals surface area contributed by atoms with Gasteiger partial charge in [-0.25, -0.2) is 0 Å². The van der Waals surface area contributed by atoms with Gasteiger partial charge < -0.3 is 36.0 Å². The zero-order chi connectivity index (χ0) is 25.2. The summed E-state index contributed by atoms with van der Waals surface area (Å²) in [6.45, 7) is 13.6. The molecule has 0 saturated carbocycles. The zero-order valence-corrected chi connectivity index (χ0v) is 21.0. The number of rotatable bonds is 16. The molecule has 8 atom stereocenters. The second kappa shape index (κ2) is 14.5. The van der Waals surface area contributed by atoms with E-state index in [9.17, 15) is 35.4 Å². The lowest BCUT2D eigenvalue weighted by molar-refractivity contribution is -0.139. The van der Waals surface area contributed by atoms with Crippen molar-refractivity contribution in [3.63, 3.8) is 0 Å². The number of carbonyl (C=O) groups is 1. The first-order valence-corrected chi connectivity index (χ1v) is 11.9. The first-order chi connectivity index (χ1) is 14.7. The third-order valence-electron chi connectivity index (χ3n) is 6.60. The van der Waals surface area contributed by atoms with Crippen LogP contribution in [0, 0.1) is 29.1 Å². The SMILES string of the molecule is CC(C)C[C@@H](O)[C@@H](O)[C@H](CO)NC(=O)C(O)C(O)CC(C)C(C)(C)CC(C)CC(C)CO. The van der Waals surface area contributed by atoms with Crippen molar-refractivity contribution in [2.75, 3.05) is 13.2 Å². The van der Waals surface area contributed by atoms with E-state index >= 15 is 0 Å². The molecule has 0 spiro atoms. The quantitative estimate of drug-likeness (QED) is 0.181. The van der Waals surface area contributed by atoms with Crippen LogP contribution in [0.15, 0.2) is 0 Å². The van der Waals surface area contributed by atoms with E-state index in [2.05, 4.69) is 26.1 Å². The van der Waals surface area contributed by atoms with E-state index < -0.39 is 43.0 Å². The van der Waals surface area contributed by atoms with Crippen molar-refractivity contribution in [3.05, 3.63) is 0 Å². The Morgan fingerprint density at radius 3 is 1.84 bits per heavy atom. The van der Waals surface area contributed by atoms with Gasteiger partial charge in [-0.3, -0.25) is 4.79 Å². The van der Waals surface area contributed by atoms with E-state index in [0.29, 0.717) is 12.3 Å². The van der Waals surface area contributed by atoms with Crippen molar-refractivity contribution < 1.29 is 35.4 Å². The number of amides is 1. The first kappa shape index (κ1) is 31.2. The number of hydrogen-bond donors (Lipinski definition) is 7. The Morgan fingerprint density at radius 1 is 0.812 bits per heavy atom. The zero-order valence-electron chi connectivity index (χ0n) is 21.0. The number of hydrogen-bond acceptors (Lipinski definition) is 7. The summed E-state index contributed by atoms with van der Waals surface area (Å²) < 4.78 is 0. The molecule has 0 aromatic carbocycles. The van der Waals surface area contributed by atoms with E-state index in [1.54, 1.807) is 0 Å². The van der Waals surface area contributed by atoms with E-state index in [-0.39, 0.29) is 36.2 Å². The average molecular weight is 464 g/mol. The number of carbonyl (C=O) groups excluding carboxylic acids is 1. The molecule has 1 amide bonds. The Balaban J connectivity index is 4.89. The highest BCUT2D eigenvalue weighted by Gasteiger charge is 2.35. The Hall–Kier alpha value is -0.770. The molecule has 32 heavy (non-hydrogen) atoms. The maximum Gasteiger partial charge on any atom is 0.251 e. The smallest absolute Gasteiger partial charge is 0.251 e. The van der Waals surface area contributed by atoms with E-state index in [1.807, 2.05) is 27.7 Å². The van der Waals surface area contributed by atoms with Crippen LogP contribution in [0.4, 0.5) is 0 Å². The average Bonchev–Trinajstić information content (AvgIpc) is 2.69. The van der Waals surface area contributed by atoms with Gasteiger partial charge in [0.2, 0.25) is 0 Å². The summed E-state index contributed by atoms with van der Waals surface area (Å²) in [7, 11) is 0. The van der Waals surface area contributed by atoms with E-state index in [0.717, 1.165) is 12.8 Å². The van der Waals surface area contributed by atoms with Gasteiger partial charge in [0.1, 0.15) is 6.10 Å². The second-order valence-electron chi connectivity index (χ2n) is 11.0. The maximum atomic E-state index is 12.4. The molecule has 0 aliphatic rings. The van der Waals surface area contributed by atoms with Gasteiger partial charge in [0.25, 0.3) is 5.91 Å². The molecule has 0 aromatic rings. The van der Waals surface area contributed by atoms with Crippen LogP contribution < -0.4 is 5.32 Å². The Labute approximate surface area is 194 Å². The second-order valence-corrected chi connectivity index (χ2v) is 11.0. The summed E-state index contributed by atoms with van der Waals surface area (Å²) in [5.74, 6) is -0.187. The monoisotopic (exact) mass is 463 g/mol. The van der Waals surface area contributed by atoms with Crippen LogP contribution in [0.5, 0.6) is 0 Å². The third-order valence-corrected chi connectivity index (χ3v) is 6.60. The highest BCUT2D eigenvalue weighted by Crippen LogP contribution is 2.38. The van der Waals surface area contributed by atoms with Crippen LogP contribution in [-0.4, -0.2) is 80.2 Å². The molecule has 8 nitrogen and oxygen atoms in total. The van der Waals surface area contributed by atoms with Gasteiger partial charge in [0.15, 0.2) is 6.10 Å². The molecule has 0 saturated heterocycles. The van der Waals surface area contributed by atoms with Crippen LogP contribution in [0.25, 0.3) is 0 Å². The van der Waals surface area contributed by atoms with Crippen molar-refractivity contribution in [1.82, 2.24) is 5.32 Å². The molecule has 5 unspecified atom stereocenters. The molecule has 7 N–H and O–H groups in total. The molecule has 8 heteroatoms. The molecule has 0 aliphatic heterocycles. The summed E-state index contributed by atoms with van der Waals surface area (Å²) in [6.07, 6.45) is -3.29. The van der Waals surface area contributed by atoms with Crippen LogP contribution in [0.1, 0.15) is 74.1 Å². The Bertz CT molecular complexity index is 528. The van der Waals surface area contributed by atoms with Gasteiger partial charge in [0, 0.05) is 6.61 Å². The van der Waals surface area contributed by atoms with Crippen LogP contribution in [0.2, 0.25) is 0 Å². The third kappa shape index (κ3) is 10.9. The molecular weight excluding hydrogens is 414 g/mol. The minimum absolute atomic E-state index is 0.000995. The highest BCUT2D eigenvalue weighted by atomic mass is 16.3. The highest BCUT2D eigenvalue weighted by molar-refractivity contribution is 5.81. The van der Waals surface area contributed by atoms with E-state index in [1.165, 1.54) is 0 Å². The summed E-state index contributed by atoms with van der Waals surface area (Å²) >= 11 is 0. The van der Waals surface area contributed by atoms with Crippen LogP contribution >= 0.6 is 0 Å². The molecule has 0 aliphatic carbocycles. The van der Waals surface area contributed by atoms with Gasteiger partial charge in [0.05, 0.1) is 24.9 Å². The number of aliphatic hydroxyl groups excluding tert-OH is 6. The fraction of sp³-hybridized carbons (Fsp3) is 0.958. The molecule has 192 valence electrons. The van der Waals surface area contributed by atoms with Crippen molar-refractivity contribution in [1.29, 1.82) is 0 Å². The maximum absolute atomic E-state index is 12.4. The predicted octanol–water partition coefficient (Wildman–Crippen LogP) is 1.05. The fourth-order valence-corrected chi connectivity index (χ4v) is 4.33. The molecule has 0 aromatic heterocycles. The molecule has 0 bridgehead atoms. The molecular formula is C24H49NO7. The normalized spacial score (nSPS) is 20.2. The number of aliphatic hydroxyl groups is 6. The van der Waals surface area contributed by atoms with Crippen molar-refractivity contribution in [2.45, 2.75) is 105 Å². The van der Waals surface area contributed by atoms with Crippen LogP contribution in [-0.2, 0) is 4.79 Å². The van der Waals surface area contributed by atoms with Gasteiger partial charge in [-0.15, -0.1) is 0 Å². The van der Waals surface area contributed by atoms with Crippen LogP contribution in [0.3, 0.4) is 0 Å². The molecule has 0 rings (SSSR count). The minimum atomic E-state index is -1.72. The predicted molar refractivity (Wildman–Crippen MR) is 125 cm³/mol. The summed E-state index contributed by atoms with van der Waals surface area (Å²) in [5, 5.41) is 62.2. The largest absolute Gasteiger partial charge is 0.396 e. The van der Waals surface area contributed by atoms with Crippen molar-refractivity contribution in [2.24, 2.45) is 29.1 Å². The lowest BCUT2D eigenvalue weighted by Gasteiger charge is -2.36. The fourth-order valence-electron chi connectivity index (χ4n) is 4.33. The summed E-state index contributed by atoms with van der Waals surface area (Å²) in [4.78, 5) is 12.4. The van der Waals surface area contributed by atoms with Gasteiger partial charge in [-0.2, -0.15) is 0 Å². The van der Waals surface area contributed by atoms with Gasteiger partial charge in [-0.1, -0.05) is 48.5 Å². The van der Waals surface area contributed by atoms with E-state index in [4.69, 9.17) is 0 Å². The topological polar surface area (TPSA) is 150 Å². The lowest BCUT2D eigenvalue weighted by Crippen LogP contribution is -2.55. The lowest BCUT2D eigenvalue weighted by atomic mass is 9.70. The van der Waals surface area contributed by atoms with Gasteiger partial charge >= 0.3 is 0 Å². The molecule has 0 radical (unpaired) electrons. The number of nitrogens with one attached hydrogen (secondary N) is 1. The summed E-state index contributed by atoms with van der Waals surface area (Å²) in [6, 6.07) is -1.15. The van der Waals surface area contributed by atoms with Gasteiger partial charge in [-0.05, 0) is 54.8 Å². The minimum Gasteiger partial charge on any atom is -0.396 e. The summed E-state index contributed by atoms with van der Waals surface area (Å²) in [5.41, 5.74) is -0.156.